The van der Waals surface area contributed by atoms with Gasteiger partial charge in [0.15, 0.2) is 0 Å². The van der Waals surface area contributed by atoms with Crippen molar-refractivity contribution in [3.8, 4) is 0 Å². The van der Waals surface area contributed by atoms with Crippen molar-refractivity contribution in [3.05, 3.63) is 23.2 Å². The SMILES string of the molecule is CCCNC(=O)[C@@H]1CCCC[C@@H]1C(=O)Nc1cc(Cl)ccc1N(C)C. The van der Waals surface area contributed by atoms with Crippen LogP contribution in [-0.4, -0.2) is 32.5 Å². The fraction of sp³-hybridized carbons (Fsp3) is 0.579. The van der Waals surface area contributed by atoms with Gasteiger partial charge >= 0.3 is 0 Å². The van der Waals surface area contributed by atoms with Gasteiger partial charge in [0.2, 0.25) is 11.8 Å². The zero-order chi connectivity index (χ0) is 18.4. The second kappa shape index (κ2) is 9.09. The molecule has 5 nitrogen and oxygen atoms in total. The van der Waals surface area contributed by atoms with Crippen molar-refractivity contribution in [2.24, 2.45) is 11.8 Å². The molecule has 6 heteroatoms. The predicted octanol–water partition coefficient (Wildman–Crippen LogP) is 3.68. The molecule has 2 N–H and O–H groups in total. The molecule has 0 aromatic heterocycles. The lowest BCUT2D eigenvalue weighted by Gasteiger charge is -2.30. The van der Waals surface area contributed by atoms with Gasteiger partial charge in [-0.15, -0.1) is 0 Å². The molecule has 0 heterocycles. The molecule has 1 aliphatic rings. The van der Waals surface area contributed by atoms with Gasteiger partial charge in [0.25, 0.3) is 0 Å². The van der Waals surface area contributed by atoms with Gasteiger partial charge < -0.3 is 15.5 Å². The van der Waals surface area contributed by atoms with Gasteiger partial charge in [-0.2, -0.15) is 0 Å². The molecule has 1 fully saturated rings. The summed E-state index contributed by atoms with van der Waals surface area (Å²) in [6.45, 7) is 2.68. The van der Waals surface area contributed by atoms with Crippen molar-refractivity contribution >= 4 is 34.8 Å². The maximum atomic E-state index is 12.9. The molecule has 1 aliphatic carbocycles. The number of nitrogens with zero attached hydrogens (tertiary/aromatic N) is 1. The Morgan fingerprint density at radius 2 is 1.80 bits per heavy atom. The van der Waals surface area contributed by atoms with Crippen LogP contribution >= 0.6 is 11.6 Å². The van der Waals surface area contributed by atoms with Gasteiger partial charge in [0, 0.05) is 37.5 Å². The van der Waals surface area contributed by atoms with Crippen LogP contribution in [0.25, 0.3) is 0 Å². The molecule has 0 spiro atoms. The van der Waals surface area contributed by atoms with E-state index in [0.717, 1.165) is 37.8 Å². The number of halogens is 1. The van der Waals surface area contributed by atoms with Crippen LogP contribution in [0.3, 0.4) is 0 Å². The molecule has 0 bridgehead atoms. The first-order valence-corrected chi connectivity index (χ1v) is 9.37. The molecule has 2 atom stereocenters. The molecule has 1 saturated carbocycles. The Balaban J connectivity index is 2.15. The smallest absolute Gasteiger partial charge is 0.228 e. The second-order valence-corrected chi connectivity index (χ2v) is 7.27. The molecule has 1 aromatic carbocycles. The largest absolute Gasteiger partial charge is 0.376 e. The number of hydrogen-bond acceptors (Lipinski definition) is 3. The van der Waals surface area contributed by atoms with Crippen LogP contribution in [0.15, 0.2) is 18.2 Å². The Hall–Kier alpha value is -1.75. The summed E-state index contributed by atoms with van der Waals surface area (Å²) in [7, 11) is 3.83. The van der Waals surface area contributed by atoms with Crippen LogP contribution in [-0.2, 0) is 9.59 Å². The van der Waals surface area contributed by atoms with E-state index in [-0.39, 0.29) is 23.7 Å². The quantitative estimate of drug-likeness (QED) is 0.808. The van der Waals surface area contributed by atoms with Crippen LogP contribution in [0, 0.1) is 11.8 Å². The predicted molar refractivity (Wildman–Crippen MR) is 103 cm³/mol. The molecular formula is C19H28ClN3O2. The van der Waals surface area contributed by atoms with E-state index in [0.29, 0.717) is 17.3 Å². The number of benzene rings is 1. The number of amides is 2. The minimum absolute atomic E-state index is 0.000581. The summed E-state index contributed by atoms with van der Waals surface area (Å²) in [6, 6.07) is 5.43. The average molecular weight is 366 g/mol. The van der Waals surface area contributed by atoms with E-state index in [2.05, 4.69) is 10.6 Å². The van der Waals surface area contributed by atoms with Crippen LogP contribution in [0.1, 0.15) is 39.0 Å². The van der Waals surface area contributed by atoms with E-state index in [1.165, 1.54) is 0 Å². The summed E-state index contributed by atoms with van der Waals surface area (Å²) in [5, 5.41) is 6.51. The molecular weight excluding hydrogens is 338 g/mol. The van der Waals surface area contributed by atoms with Gasteiger partial charge in [-0.25, -0.2) is 0 Å². The van der Waals surface area contributed by atoms with E-state index in [1.54, 1.807) is 12.1 Å². The van der Waals surface area contributed by atoms with Crippen LogP contribution < -0.4 is 15.5 Å². The topological polar surface area (TPSA) is 61.4 Å². The maximum Gasteiger partial charge on any atom is 0.228 e. The Morgan fingerprint density at radius 3 is 2.40 bits per heavy atom. The highest BCUT2D eigenvalue weighted by molar-refractivity contribution is 6.31. The Kier molecular flexibility index (Phi) is 7.12. The molecule has 2 amide bonds. The van der Waals surface area contributed by atoms with E-state index >= 15 is 0 Å². The van der Waals surface area contributed by atoms with Crippen molar-refractivity contribution in [2.75, 3.05) is 30.9 Å². The molecule has 2 rings (SSSR count). The molecule has 0 aliphatic heterocycles. The Labute approximate surface area is 155 Å². The number of carbonyl (C=O) groups is 2. The molecule has 138 valence electrons. The van der Waals surface area contributed by atoms with Crippen molar-refractivity contribution in [1.29, 1.82) is 0 Å². The summed E-state index contributed by atoms with van der Waals surface area (Å²) in [6.07, 6.45) is 4.38. The van der Waals surface area contributed by atoms with Gasteiger partial charge in [-0.1, -0.05) is 31.4 Å². The number of carbonyl (C=O) groups excluding carboxylic acids is 2. The Morgan fingerprint density at radius 1 is 1.16 bits per heavy atom. The van der Waals surface area contributed by atoms with Gasteiger partial charge in [0.05, 0.1) is 11.4 Å². The number of nitrogens with one attached hydrogen (secondary N) is 2. The number of anilines is 2. The molecule has 1 aromatic rings. The van der Waals surface area contributed by atoms with Crippen molar-refractivity contribution < 1.29 is 9.59 Å². The molecule has 0 radical (unpaired) electrons. The number of rotatable bonds is 6. The Bertz CT molecular complexity index is 619. The van der Waals surface area contributed by atoms with Crippen LogP contribution in [0.5, 0.6) is 0 Å². The van der Waals surface area contributed by atoms with Gasteiger partial charge in [-0.05, 0) is 37.5 Å². The normalized spacial score (nSPS) is 20.0. The second-order valence-electron chi connectivity index (χ2n) is 6.83. The standard InChI is InChI=1S/C19H28ClN3O2/c1-4-11-21-18(24)14-7-5-6-8-15(14)19(25)22-16-12-13(20)9-10-17(16)23(2)3/h9-10,12,14-15H,4-8,11H2,1-3H3,(H,21,24)(H,22,25)/t14-,15+/m1/s1. The number of hydrogen-bond donors (Lipinski definition) is 2. The first kappa shape index (κ1) is 19.6. The first-order valence-electron chi connectivity index (χ1n) is 8.99. The highest BCUT2D eigenvalue weighted by atomic mass is 35.5. The summed E-state index contributed by atoms with van der Waals surface area (Å²) >= 11 is 6.09. The minimum atomic E-state index is -0.292. The summed E-state index contributed by atoms with van der Waals surface area (Å²) < 4.78 is 0. The third-order valence-electron chi connectivity index (χ3n) is 4.69. The van der Waals surface area contributed by atoms with E-state index in [9.17, 15) is 9.59 Å². The molecule has 25 heavy (non-hydrogen) atoms. The maximum absolute atomic E-state index is 12.9. The average Bonchev–Trinajstić information content (AvgIpc) is 2.59. The van der Waals surface area contributed by atoms with Crippen molar-refractivity contribution in [3.63, 3.8) is 0 Å². The van der Waals surface area contributed by atoms with E-state index in [1.807, 2.05) is 32.0 Å². The summed E-state index contributed by atoms with van der Waals surface area (Å²) in [5.74, 6) is -0.635. The van der Waals surface area contributed by atoms with Gasteiger partial charge in [0.1, 0.15) is 0 Å². The minimum Gasteiger partial charge on any atom is -0.376 e. The molecule has 0 unspecified atom stereocenters. The van der Waals surface area contributed by atoms with Crippen LogP contribution in [0.4, 0.5) is 11.4 Å². The monoisotopic (exact) mass is 365 g/mol. The lowest BCUT2D eigenvalue weighted by atomic mass is 9.78. The lowest BCUT2D eigenvalue weighted by Crippen LogP contribution is -2.41. The summed E-state index contributed by atoms with van der Waals surface area (Å²) in [4.78, 5) is 27.3. The van der Waals surface area contributed by atoms with Gasteiger partial charge in [-0.3, -0.25) is 9.59 Å². The highest BCUT2D eigenvalue weighted by Crippen LogP contribution is 2.33. The zero-order valence-corrected chi connectivity index (χ0v) is 16.0. The fourth-order valence-corrected chi connectivity index (χ4v) is 3.53. The third kappa shape index (κ3) is 5.11. The van der Waals surface area contributed by atoms with E-state index < -0.39 is 0 Å². The van der Waals surface area contributed by atoms with E-state index in [4.69, 9.17) is 11.6 Å². The third-order valence-corrected chi connectivity index (χ3v) is 4.92. The van der Waals surface area contributed by atoms with Crippen molar-refractivity contribution in [1.82, 2.24) is 5.32 Å². The summed E-state index contributed by atoms with van der Waals surface area (Å²) in [5.41, 5.74) is 1.57. The molecule has 0 saturated heterocycles. The first-order chi connectivity index (χ1) is 11.9. The van der Waals surface area contributed by atoms with Crippen molar-refractivity contribution in [2.45, 2.75) is 39.0 Å². The lowest BCUT2D eigenvalue weighted by molar-refractivity contribution is -0.134. The highest BCUT2D eigenvalue weighted by Gasteiger charge is 2.35. The zero-order valence-electron chi connectivity index (χ0n) is 15.3. The fourth-order valence-electron chi connectivity index (χ4n) is 3.36. The van der Waals surface area contributed by atoms with Crippen LogP contribution in [0.2, 0.25) is 5.02 Å².